The molecule has 31 heavy (non-hydrogen) atoms. The number of imidazole rings is 1. The van der Waals surface area contributed by atoms with E-state index in [9.17, 15) is 18.0 Å². The summed E-state index contributed by atoms with van der Waals surface area (Å²) in [5.74, 6) is -2.72. The Morgan fingerprint density at radius 2 is 1.84 bits per heavy atom. The SMILES string of the molecule is O=C(O)C(F)(F)F.O=C(c1cccnc1)N1CCCn2cnc(Cn3cccc3)c2C1. The first-order chi connectivity index (χ1) is 14.8. The quantitative estimate of drug-likeness (QED) is 0.683. The molecule has 164 valence electrons. The number of carbonyl (C=O) groups is 2. The smallest absolute Gasteiger partial charge is 0.475 e. The summed E-state index contributed by atoms with van der Waals surface area (Å²) in [4.78, 5) is 32.2. The van der Waals surface area contributed by atoms with Crippen LogP contribution in [0.5, 0.6) is 0 Å². The number of fused-ring (bicyclic) bond motifs is 1. The van der Waals surface area contributed by atoms with Crippen LogP contribution in [0, 0.1) is 0 Å². The standard InChI is InChI=1S/C18H19N5O.C2HF3O2/c24-18(15-5-3-6-19-11-15)22-9-4-10-23-14-20-16(17(23)13-22)12-21-7-1-2-8-21;3-2(4,5)1(6)7/h1-3,5-8,11,14H,4,9-10,12-13H2;(H,6,7). The number of aryl methyl sites for hydroxylation is 1. The van der Waals surface area contributed by atoms with Crippen LogP contribution in [-0.4, -0.2) is 53.7 Å². The third-order valence-electron chi connectivity index (χ3n) is 4.64. The molecule has 8 nitrogen and oxygen atoms in total. The molecule has 0 spiro atoms. The Hall–Kier alpha value is -3.63. The van der Waals surface area contributed by atoms with Gasteiger partial charge < -0.3 is 19.1 Å². The second kappa shape index (κ2) is 9.45. The molecule has 0 atom stereocenters. The van der Waals surface area contributed by atoms with Crippen LogP contribution < -0.4 is 0 Å². The molecular formula is C20H20F3N5O3. The summed E-state index contributed by atoms with van der Waals surface area (Å²) in [6.07, 6.45) is 5.11. The maximum atomic E-state index is 12.8. The van der Waals surface area contributed by atoms with Crippen molar-refractivity contribution in [1.82, 2.24) is 24.0 Å². The molecule has 4 heterocycles. The third kappa shape index (κ3) is 5.71. The highest BCUT2D eigenvalue weighted by Crippen LogP contribution is 2.19. The van der Waals surface area contributed by atoms with E-state index in [1.54, 1.807) is 18.5 Å². The number of carboxylic acids is 1. The molecule has 0 radical (unpaired) electrons. The van der Waals surface area contributed by atoms with Crippen LogP contribution in [-0.2, 0) is 24.4 Å². The molecule has 0 bridgehead atoms. The van der Waals surface area contributed by atoms with E-state index in [-0.39, 0.29) is 5.91 Å². The van der Waals surface area contributed by atoms with Gasteiger partial charge in [-0.05, 0) is 30.7 Å². The lowest BCUT2D eigenvalue weighted by atomic mass is 10.2. The van der Waals surface area contributed by atoms with Crippen molar-refractivity contribution in [2.45, 2.75) is 32.2 Å². The molecule has 1 aliphatic rings. The number of carboxylic acid groups (broad SMARTS) is 1. The summed E-state index contributed by atoms with van der Waals surface area (Å²) in [5.41, 5.74) is 2.79. The van der Waals surface area contributed by atoms with Gasteiger partial charge in [0.2, 0.25) is 0 Å². The van der Waals surface area contributed by atoms with Crippen LogP contribution in [0.25, 0.3) is 0 Å². The second-order valence-corrected chi connectivity index (χ2v) is 6.81. The van der Waals surface area contributed by atoms with Crippen molar-refractivity contribution in [2.24, 2.45) is 0 Å². The van der Waals surface area contributed by atoms with Crippen molar-refractivity contribution >= 4 is 11.9 Å². The summed E-state index contributed by atoms with van der Waals surface area (Å²) in [7, 11) is 0. The third-order valence-corrected chi connectivity index (χ3v) is 4.64. The van der Waals surface area contributed by atoms with Gasteiger partial charge in [-0.25, -0.2) is 9.78 Å². The predicted octanol–water partition coefficient (Wildman–Crippen LogP) is 2.81. The Kier molecular flexibility index (Phi) is 6.73. The van der Waals surface area contributed by atoms with E-state index in [1.165, 1.54) is 0 Å². The van der Waals surface area contributed by atoms with E-state index >= 15 is 0 Å². The van der Waals surface area contributed by atoms with Gasteiger partial charge in [0.15, 0.2) is 0 Å². The fourth-order valence-corrected chi connectivity index (χ4v) is 3.14. The summed E-state index contributed by atoms with van der Waals surface area (Å²) >= 11 is 0. The van der Waals surface area contributed by atoms with Crippen LogP contribution in [0.2, 0.25) is 0 Å². The zero-order valence-corrected chi connectivity index (χ0v) is 16.4. The summed E-state index contributed by atoms with van der Waals surface area (Å²) in [6, 6.07) is 7.63. The Balaban J connectivity index is 0.000000339. The molecule has 0 fully saturated rings. The predicted molar refractivity (Wildman–Crippen MR) is 103 cm³/mol. The maximum absolute atomic E-state index is 12.8. The fourth-order valence-electron chi connectivity index (χ4n) is 3.14. The second-order valence-electron chi connectivity index (χ2n) is 6.81. The molecule has 3 aromatic heterocycles. The first-order valence-corrected chi connectivity index (χ1v) is 9.38. The van der Waals surface area contributed by atoms with Gasteiger partial charge in [-0.15, -0.1) is 0 Å². The van der Waals surface area contributed by atoms with Gasteiger partial charge in [0, 0.05) is 37.9 Å². The van der Waals surface area contributed by atoms with E-state index < -0.39 is 12.1 Å². The summed E-state index contributed by atoms with van der Waals surface area (Å²) in [5, 5.41) is 7.12. The molecule has 11 heteroatoms. The highest BCUT2D eigenvalue weighted by molar-refractivity contribution is 5.93. The fraction of sp³-hybridized carbons (Fsp3) is 0.300. The van der Waals surface area contributed by atoms with E-state index in [1.807, 2.05) is 41.8 Å². The van der Waals surface area contributed by atoms with Gasteiger partial charge in [-0.1, -0.05) is 0 Å². The summed E-state index contributed by atoms with van der Waals surface area (Å²) < 4.78 is 36.0. The topological polar surface area (TPSA) is 93.2 Å². The van der Waals surface area contributed by atoms with E-state index in [0.29, 0.717) is 12.1 Å². The molecule has 1 N–H and O–H groups in total. The molecule has 0 unspecified atom stereocenters. The highest BCUT2D eigenvalue weighted by atomic mass is 19.4. The monoisotopic (exact) mass is 435 g/mol. The normalized spacial score (nSPS) is 13.6. The zero-order valence-electron chi connectivity index (χ0n) is 16.4. The van der Waals surface area contributed by atoms with Crippen molar-refractivity contribution in [3.63, 3.8) is 0 Å². The van der Waals surface area contributed by atoms with Gasteiger partial charge in [0.25, 0.3) is 5.91 Å². The first-order valence-electron chi connectivity index (χ1n) is 9.38. The van der Waals surface area contributed by atoms with Gasteiger partial charge in [-0.3, -0.25) is 9.78 Å². The van der Waals surface area contributed by atoms with Crippen LogP contribution in [0.15, 0.2) is 55.4 Å². The largest absolute Gasteiger partial charge is 0.490 e. The lowest BCUT2D eigenvalue weighted by Gasteiger charge is -2.20. The molecular weight excluding hydrogens is 415 g/mol. The van der Waals surface area contributed by atoms with Crippen molar-refractivity contribution < 1.29 is 27.9 Å². The number of carbonyl (C=O) groups excluding carboxylic acids is 1. The number of hydrogen-bond donors (Lipinski definition) is 1. The number of pyridine rings is 1. The van der Waals surface area contributed by atoms with E-state index in [4.69, 9.17) is 9.90 Å². The van der Waals surface area contributed by atoms with E-state index in [2.05, 4.69) is 19.1 Å². The van der Waals surface area contributed by atoms with Gasteiger partial charge in [-0.2, -0.15) is 13.2 Å². The minimum Gasteiger partial charge on any atom is -0.475 e. The lowest BCUT2D eigenvalue weighted by Crippen LogP contribution is -2.31. The number of halogens is 3. The first kappa shape index (κ1) is 22.1. The Labute approximate surface area is 175 Å². The highest BCUT2D eigenvalue weighted by Gasteiger charge is 2.38. The zero-order chi connectivity index (χ0) is 22.4. The van der Waals surface area contributed by atoms with Crippen molar-refractivity contribution in [3.05, 3.63) is 72.3 Å². The number of aliphatic carboxylic acids is 1. The van der Waals surface area contributed by atoms with Gasteiger partial charge in [0.05, 0.1) is 36.4 Å². The van der Waals surface area contributed by atoms with Crippen molar-refractivity contribution in [3.8, 4) is 0 Å². The maximum Gasteiger partial charge on any atom is 0.490 e. The molecule has 1 aliphatic heterocycles. The number of amides is 1. The number of alkyl halides is 3. The average molecular weight is 435 g/mol. The molecule has 0 saturated carbocycles. The molecule has 3 aromatic rings. The minimum atomic E-state index is -5.08. The Morgan fingerprint density at radius 1 is 1.13 bits per heavy atom. The summed E-state index contributed by atoms with van der Waals surface area (Å²) in [6.45, 7) is 2.96. The average Bonchev–Trinajstić information content (AvgIpc) is 3.33. The Morgan fingerprint density at radius 3 is 2.45 bits per heavy atom. The minimum absolute atomic E-state index is 0.0321. The number of hydrogen-bond acceptors (Lipinski definition) is 4. The van der Waals surface area contributed by atoms with Crippen LogP contribution >= 0.6 is 0 Å². The van der Waals surface area contributed by atoms with Gasteiger partial charge in [0.1, 0.15) is 0 Å². The lowest BCUT2D eigenvalue weighted by molar-refractivity contribution is -0.192. The number of rotatable bonds is 3. The van der Waals surface area contributed by atoms with Gasteiger partial charge >= 0.3 is 12.1 Å². The van der Waals surface area contributed by atoms with Crippen LogP contribution in [0.1, 0.15) is 28.2 Å². The van der Waals surface area contributed by atoms with Crippen LogP contribution in [0.3, 0.4) is 0 Å². The van der Waals surface area contributed by atoms with Crippen molar-refractivity contribution in [2.75, 3.05) is 6.54 Å². The molecule has 1 amide bonds. The van der Waals surface area contributed by atoms with Crippen molar-refractivity contribution in [1.29, 1.82) is 0 Å². The number of nitrogens with zero attached hydrogens (tertiary/aromatic N) is 5. The number of aromatic nitrogens is 4. The molecule has 0 saturated heterocycles. The van der Waals surface area contributed by atoms with E-state index in [0.717, 1.165) is 37.4 Å². The molecule has 4 rings (SSSR count). The Bertz CT molecular complexity index is 1020. The molecule has 0 aliphatic carbocycles. The molecule has 0 aromatic carbocycles. The van der Waals surface area contributed by atoms with Crippen LogP contribution in [0.4, 0.5) is 13.2 Å².